The average Bonchev–Trinajstić information content (AvgIpc) is 2.91. The molecule has 1 aromatic carbocycles. The highest BCUT2D eigenvalue weighted by atomic mass is 16.3. The molecule has 0 atom stereocenters. The van der Waals surface area contributed by atoms with E-state index in [1.165, 1.54) is 12.8 Å². The molecule has 0 heterocycles. The van der Waals surface area contributed by atoms with Crippen LogP contribution in [-0.2, 0) is 6.54 Å². The first-order chi connectivity index (χ1) is 6.25. The van der Waals surface area contributed by atoms with Gasteiger partial charge >= 0.3 is 0 Å². The van der Waals surface area contributed by atoms with Gasteiger partial charge in [0.15, 0.2) is 0 Å². The zero-order valence-corrected chi connectivity index (χ0v) is 7.46. The quantitative estimate of drug-likeness (QED) is 0.482. The van der Waals surface area contributed by atoms with Gasteiger partial charge in [-0.3, -0.25) is 0 Å². The monoisotopic (exact) mass is 178 g/mol. The first-order valence-corrected chi connectivity index (χ1v) is 4.56. The summed E-state index contributed by atoms with van der Waals surface area (Å²) in [5.41, 5.74) is 7.01. The highest BCUT2D eigenvalue weighted by Gasteiger charge is 2.19. The van der Waals surface area contributed by atoms with E-state index in [1.807, 2.05) is 6.07 Å². The van der Waals surface area contributed by atoms with Crippen LogP contribution in [0.4, 0.5) is 5.69 Å². The van der Waals surface area contributed by atoms with Gasteiger partial charge < -0.3 is 16.2 Å². The normalized spacial score (nSPS) is 16.0. The lowest BCUT2D eigenvalue weighted by Gasteiger charge is -2.04. The van der Waals surface area contributed by atoms with Crippen LogP contribution in [0, 0.1) is 0 Å². The minimum atomic E-state index is 0.176. The number of rotatable bonds is 3. The van der Waals surface area contributed by atoms with Crippen LogP contribution in [0.3, 0.4) is 0 Å². The predicted octanol–water partition coefficient (Wildman–Crippen LogP) is 1.23. The third kappa shape index (κ3) is 2.12. The van der Waals surface area contributed by atoms with E-state index in [0.29, 0.717) is 11.7 Å². The largest absolute Gasteiger partial charge is 0.506 e. The number of anilines is 1. The highest BCUT2D eigenvalue weighted by molar-refractivity contribution is 5.52. The third-order valence-corrected chi connectivity index (χ3v) is 2.27. The molecule has 0 aliphatic heterocycles. The number of hydrogen-bond acceptors (Lipinski definition) is 3. The van der Waals surface area contributed by atoms with E-state index in [-0.39, 0.29) is 5.75 Å². The molecule has 0 amide bonds. The Balaban J connectivity index is 1.98. The number of nitrogen functional groups attached to an aromatic ring is 1. The van der Waals surface area contributed by atoms with Gasteiger partial charge in [0.25, 0.3) is 0 Å². The van der Waals surface area contributed by atoms with Crippen molar-refractivity contribution in [3.8, 4) is 5.75 Å². The van der Waals surface area contributed by atoms with E-state index in [9.17, 15) is 5.11 Å². The molecule has 1 aliphatic rings. The van der Waals surface area contributed by atoms with Gasteiger partial charge in [-0.2, -0.15) is 0 Å². The maximum absolute atomic E-state index is 9.33. The predicted molar refractivity (Wildman–Crippen MR) is 52.4 cm³/mol. The van der Waals surface area contributed by atoms with Gasteiger partial charge in [0.05, 0.1) is 5.69 Å². The number of phenols is 1. The molecule has 1 saturated carbocycles. The van der Waals surface area contributed by atoms with Crippen LogP contribution in [0.1, 0.15) is 18.4 Å². The van der Waals surface area contributed by atoms with Crippen LogP contribution in [0.25, 0.3) is 0 Å². The lowest BCUT2D eigenvalue weighted by atomic mass is 10.2. The van der Waals surface area contributed by atoms with Gasteiger partial charge in [0, 0.05) is 12.6 Å². The van der Waals surface area contributed by atoms with Crippen molar-refractivity contribution in [2.75, 3.05) is 5.73 Å². The molecule has 3 heteroatoms. The fourth-order valence-corrected chi connectivity index (χ4v) is 1.25. The lowest BCUT2D eigenvalue weighted by molar-refractivity contribution is 0.476. The zero-order valence-electron chi connectivity index (χ0n) is 7.46. The Kier molecular flexibility index (Phi) is 2.10. The maximum Gasteiger partial charge on any atom is 0.138 e. The molecule has 0 bridgehead atoms. The SMILES string of the molecule is Nc1ccc(CNC2CC2)cc1O. The summed E-state index contributed by atoms with van der Waals surface area (Å²) in [6.45, 7) is 0.818. The van der Waals surface area contributed by atoms with Gasteiger partial charge in [0.2, 0.25) is 0 Å². The van der Waals surface area contributed by atoms with Crippen molar-refractivity contribution in [3.05, 3.63) is 23.8 Å². The molecule has 0 spiro atoms. The number of aromatic hydroxyl groups is 1. The summed E-state index contributed by atoms with van der Waals surface area (Å²) in [6.07, 6.45) is 2.56. The molecule has 0 aromatic heterocycles. The van der Waals surface area contributed by atoms with Gasteiger partial charge in [-0.25, -0.2) is 0 Å². The Labute approximate surface area is 77.6 Å². The van der Waals surface area contributed by atoms with Crippen LogP contribution in [0.5, 0.6) is 5.75 Å². The van der Waals surface area contributed by atoms with E-state index in [2.05, 4.69) is 5.32 Å². The molecular weight excluding hydrogens is 164 g/mol. The zero-order chi connectivity index (χ0) is 9.26. The minimum absolute atomic E-state index is 0.176. The maximum atomic E-state index is 9.33. The fraction of sp³-hybridized carbons (Fsp3) is 0.400. The molecule has 1 fully saturated rings. The lowest BCUT2D eigenvalue weighted by Crippen LogP contribution is -2.15. The molecule has 3 nitrogen and oxygen atoms in total. The van der Waals surface area contributed by atoms with Crippen LogP contribution in [0.15, 0.2) is 18.2 Å². The van der Waals surface area contributed by atoms with Crippen molar-refractivity contribution in [3.63, 3.8) is 0 Å². The van der Waals surface area contributed by atoms with Gasteiger partial charge in [0.1, 0.15) is 5.75 Å². The highest BCUT2D eigenvalue weighted by Crippen LogP contribution is 2.22. The summed E-state index contributed by atoms with van der Waals surface area (Å²) in [5.74, 6) is 0.176. The Bertz CT molecular complexity index is 308. The Morgan fingerprint density at radius 2 is 2.23 bits per heavy atom. The summed E-state index contributed by atoms with van der Waals surface area (Å²) in [4.78, 5) is 0. The molecule has 13 heavy (non-hydrogen) atoms. The molecule has 0 saturated heterocycles. The molecular formula is C10H14N2O. The number of nitrogens with one attached hydrogen (secondary N) is 1. The van der Waals surface area contributed by atoms with Gasteiger partial charge in [-0.15, -0.1) is 0 Å². The van der Waals surface area contributed by atoms with Crippen LogP contribution in [0.2, 0.25) is 0 Å². The van der Waals surface area contributed by atoms with Gasteiger partial charge in [-0.05, 0) is 30.5 Å². The number of phenolic OH excluding ortho intramolecular Hbond substituents is 1. The number of hydrogen-bond donors (Lipinski definition) is 3. The van der Waals surface area contributed by atoms with Crippen molar-refractivity contribution < 1.29 is 5.11 Å². The van der Waals surface area contributed by atoms with Crippen molar-refractivity contribution >= 4 is 5.69 Å². The Hall–Kier alpha value is -1.22. The van der Waals surface area contributed by atoms with E-state index in [4.69, 9.17) is 5.73 Å². The smallest absolute Gasteiger partial charge is 0.138 e. The van der Waals surface area contributed by atoms with Crippen LogP contribution < -0.4 is 11.1 Å². The second-order valence-corrected chi connectivity index (χ2v) is 3.55. The standard InChI is InChI=1S/C10H14N2O/c11-9-4-1-7(5-10(9)13)6-12-8-2-3-8/h1,4-5,8,12-13H,2-3,6,11H2. The Morgan fingerprint density at radius 3 is 2.85 bits per heavy atom. The summed E-state index contributed by atoms with van der Waals surface area (Å²) >= 11 is 0. The van der Waals surface area contributed by atoms with Crippen molar-refractivity contribution in [1.29, 1.82) is 0 Å². The topological polar surface area (TPSA) is 58.3 Å². The molecule has 0 unspecified atom stereocenters. The molecule has 1 aliphatic carbocycles. The Morgan fingerprint density at radius 1 is 1.46 bits per heavy atom. The minimum Gasteiger partial charge on any atom is -0.506 e. The number of nitrogens with two attached hydrogens (primary N) is 1. The van der Waals surface area contributed by atoms with E-state index >= 15 is 0 Å². The van der Waals surface area contributed by atoms with Crippen molar-refractivity contribution in [2.45, 2.75) is 25.4 Å². The van der Waals surface area contributed by atoms with E-state index in [1.54, 1.807) is 12.1 Å². The van der Waals surface area contributed by atoms with Crippen molar-refractivity contribution in [2.24, 2.45) is 0 Å². The molecule has 0 radical (unpaired) electrons. The molecule has 2 rings (SSSR count). The molecule has 1 aromatic rings. The van der Waals surface area contributed by atoms with Crippen LogP contribution >= 0.6 is 0 Å². The van der Waals surface area contributed by atoms with Crippen molar-refractivity contribution in [1.82, 2.24) is 5.32 Å². The first-order valence-electron chi connectivity index (χ1n) is 4.56. The first kappa shape index (κ1) is 8.38. The summed E-state index contributed by atoms with van der Waals surface area (Å²) in [6, 6.07) is 6.08. The fourth-order valence-electron chi connectivity index (χ4n) is 1.25. The third-order valence-electron chi connectivity index (χ3n) is 2.27. The van der Waals surface area contributed by atoms with Crippen LogP contribution in [-0.4, -0.2) is 11.1 Å². The van der Waals surface area contributed by atoms with E-state index in [0.717, 1.165) is 12.1 Å². The average molecular weight is 178 g/mol. The summed E-state index contributed by atoms with van der Waals surface area (Å²) < 4.78 is 0. The summed E-state index contributed by atoms with van der Waals surface area (Å²) in [5, 5.41) is 12.7. The molecule has 70 valence electrons. The van der Waals surface area contributed by atoms with E-state index < -0.39 is 0 Å². The second-order valence-electron chi connectivity index (χ2n) is 3.55. The number of benzene rings is 1. The van der Waals surface area contributed by atoms with Gasteiger partial charge in [-0.1, -0.05) is 6.07 Å². The second kappa shape index (κ2) is 3.26. The summed E-state index contributed by atoms with van der Waals surface area (Å²) in [7, 11) is 0. The molecule has 4 N–H and O–H groups in total.